The minimum atomic E-state index is -0.345. The van der Waals surface area contributed by atoms with Crippen LogP contribution in [0.5, 0.6) is 0 Å². The third-order valence-corrected chi connectivity index (χ3v) is 5.33. The van der Waals surface area contributed by atoms with Crippen molar-refractivity contribution in [3.63, 3.8) is 0 Å². The number of esters is 1. The van der Waals surface area contributed by atoms with Gasteiger partial charge in [-0.15, -0.1) is 10.2 Å². The Bertz CT molecular complexity index is 1010. The van der Waals surface area contributed by atoms with Gasteiger partial charge in [0.1, 0.15) is 0 Å². The Morgan fingerprint density at radius 3 is 2.84 bits per heavy atom. The van der Waals surface area contributed by atoms with Gasteiger partial charge in [-0.2, -0.15) is 0 Å². The third kappa shape index (κ3) is 2.82. The number of hydrogen-bond acceptors (Lipinski definition) is 6. The topological polar surface area (TPSA) is 89.3 Å². The minimum Gasteiger partial charge on any atom is -0.465 e. The molecule has 128 valence electrons. The van der Waals surface area contributed by atoms with Gasteiger partial charge in [-0.05, 0) is 37.0 Å². The van der Waals surface area contributed by atoms with E-state index in [2.05, 4.69) is 15.2 Å². The molecule has 0 unspecified atom stereocenters. The summed E-state index contributed by atoms with van der Waals surface area (Å²) in [6.07, 6.45) is 2.65. The molecular weight excluding hydrogens is 340 g/mol. The lowest BCUT2D eigenvalue weighted by atomic mass is 10.1. The molecule has 25 heavy (non-hydrogen) atoms. The number of aromatic nitrogens is 4. The zero-order valence-electron chi connectivity index (χ0n) is 13.6. The molecule has 0 aliphatic heterocycles. The maximum Gasteiger partial charge on any atom is 0.337 e. The molecule has 0 fully saturated rings. The molecule has 4 rings (SSSR count). The maximum absolute atomic E-state index is 12.0. The zero-order valence-corrected chi connectivity index (χ0v) is 14.4. The molecule has 1 aliphatic carbocycles. The van der Waals surface area contributed by atoms with Crippen LogP contribution in [0.1, 0.15) is 33.6 Å². The summed E-state index contributed by atoms with van der Waals surface area (Å²) in [5.41, 5.74) is 3.40. The van der Waals surface area contributed by atoms with E-state index in [4.69, 9.17) is 4.74 Å². The van der Waals surface area contributed by atoms with Gasteiger partial charge in [-0.1, -0.05) is 23.9 Å². The van der Waals surface area contributed by atoms with Crippen LogP contribution in [-0.4, -0.2) is 32.7 Å². The third-order valence-electron chi connectivity index (χ3n) is 4.33. The van der Waals surface area contributed by atoms with Crippen molar-refractivity contribution in [2.45, 2.75) is 30.2 Å². The van der Waals surface area contributed by atoms with Crippen molar-refractivity contribution in [1.82, 2.24) is 19.6 Å². The second-order valence-electron chi connectivity index (χ2n) is 5.85. The first-order valence-electron chi connectivity index (χ1n) is 7.96. The van der Waals surface area contributed by atoms with Crippen LogP contribution in [0.25, 0.3) is 5.78 Å². The molecule has 0 spiro atoms. The standard InChI is InChI=1S/C17H16N4O3S/c1-24-15(23)11-7-5-10(6-8-11)9-25-17-20-19-16-18-14(22)12-3-2-4-13(12)21(16)17/h5-8H,2-4,9H2,1H3,(H,18,19,22). The average molecular weight is 356 g/mol. The summed E-state index contributed by atoms with van der Waals surface area (Å²) in [4.78, 5) is 26.3. The number of benzene rings is 1. The van der Waals surface area contributed by atoms with Gasteiger partial charge in [0.2, 0.25) is 5.78 Å². The van der Waals surface area contributed by atoms with Gasteiger partial charge in [-0.3, -0.25) is 14.2 Å². The summed E-state index contributed by atoms with van der Waals surface area (Å²) in [5.74, 6) is 0.840. The summed E-state index contributed by atoms with van der Waals surface area (Å²) in [6, 6.07) is 7.29. The van der Waals surface area contributed by atoms with E-state index >= 15 is 0 Å². The molecule has 0 saturated carbocycles. The van der Waals surface area contributed by atoms with E-state index in [1.807, 2.05) is 16.5 Å². The van der Waals surface area contributed by atoms with Crippen molar-refractivity contribution < 1.29 is 9.53 Å². The maximum atomic E-state index is 12.0. The van der Waals surface area contributed by atoms with E-state index in [0.717, 1.165) is 41.2 Å². The average Bonchev–Trinajstić information content (AvgIpc) is 3.26. The molecule has 0 atom stereocenters. The highest BCUT2D eigenvalue weighted by molar-refractivity contribution is 7.98. The van der Waals surface area contributed by atoms with Crippen LogP contribution in [0.4, 0.5) is 0 Å². The number of ether oxygens (including phenoxy) is 1. The van der Waals surface area contributed by atoms with Crippen LogP contribution in [0.2, 0.25) is 0 Å². The van der Waals surface area contributed by atoms with Crippen LogP contribution in [0.15, 0.2) is 34.2 Å². The van der Waals surface area contributed by atoms with Crippen LogP contribution in [0.3, 0.4) is 0 Å². The predicted octanol–water partition coefficient (Wildman–Crippen LogP) is 1.99. The number of thioether (sulfide) groups is 1. The van der Waals surface area contributed by atoms with Crippen molar-refractivity contribution in [2.75, 3.05) is 7.11 Å². The number of hydrogen-bond donors (Lipinski definition) is 1. The monoisotopic (exact) mass is 356 g/mol. The first-order chi connectivity index (χ1) is 12.2. The first kappa shape index (κ1) is 15.9. The number of H-pyrrole nitrogens is 1. The van der Waals surface area contributed by atoms with E-state index in [1.54, 1.807) is 23.9 Å². The number of methoxy groups -OCH3 is 1. The van der Waals surface area contributed by atoms with Crippen molar-refractivity contribution in [2.24, 2.45) is 0 Å². The van der Waals surface area contributed by atoms with Crippen LogP contribution >= 0.6 is 11.8 Å². The Morgan fingerprint density at radius 1 is 1.28 bits per heavy atom. The largest absolute Gasteiger partial charge is 0.465 e. The molecule has 7 nitrogen and oxygen atoms in total. The Morgan fingerprint density at radius 2 is 2.08 bits per heavy atom. The Hall–Kier alpha value is -2.61. The van der Waals surface area contributed by atoms with Gasteiger partial charge in [0.05, 0.1) is 12.7 Å². The Labute approximate surface area is 147 Å². The van der Waals surface area contributed by atoms with E-state index < -0.39 is 0 Å². The molecule has 0 bridgehead atoms. The quantitative estimate of drug-likeness (QED) is 0.568. The zero-order chi connectivity index (χ0) is 17.4. The van der Waals surface area contributed by atoms with Crippen LogP contribution in [0, 0.1) is 0 Å². The lowest BCUT2D eigenvalue weighted by molar-refractivity contribution is 0.0600. The molecule has 3 aromatic rings. The fourth-order valence-electron chi connectivity index (χ4n) is 3.09. The second-order valence-corrected chi connectivity index (χ2v) is 6.79. The molecule has 1 N–H and O–H groups in total. The van der Waals surface area contributed by atoms with Crippen molar-refractivity contribution in [3.05, 3.63) is 57.0 Å². The molecule has 1 aromatic carbocycles. The summed E-state index contributed by atoms with van der Waals surface area (Å²) < 4.78 is 6.66. The number of fused-ring (bicyclic) bond motifs is 3. The van der Waals surface area contributed by atoms with E-state index in [0.29, 0.717) is 17.1 Å². The van der Waals surface area contributed by atoms with Gasteiger partial charge < -0.3 is 4.74 Å². The van der Waals surface area contributed by atoms with Gasteiger partial charge in [0.25, 0.3) is 5.56 Å². The SMILES string of the molecule is COC(=O)c1ccc(CSc2nnc3[nH]c(=O)c4c(n23)CCC4)cc1. The number of rotatable bonds is 4. The number of nitrogens with one attached hydrogen (secondary N) is 1. The van der Waals surface area contributed by atoms with Gasteiger partial charge >= 0.3 is 5.97 Å². The number of carbonyl (C=O) groups is 1. The first-order valence-corrected chi connectivity index (χ1v) is 8.95. The summed E-state index contributed by atoms with van der Waals surface area (Å²) in [7, 11) is 1.37. The summed E-state index contributed by atoms with van der Waals surface area (Å²) in [6.45, 7) is 0. The number of aromatic amines is 1. The lowest BCUT2D eigenvalue weighted by Crippen LogP contribution is -2.16. The highest BCUT2D eigenvalue weighted by atomic mass is 32.2. The van der Waals surface area contributed by atoms with Gasteiger partial charge in [0.15, 0.2) is 5.16 Å². The number of carbonyl (C=O) groups excluding carboxylic acids is 1. The van der Waals surface area contributed by atoms with Gasteiger partial charge in [0, 0.05) is 17.0 Å². The molecule has 0 saturated heterocycles. The van der Waals surface area contributed by atoms with E-state index in [-0.39, 0.29) is 11.5 Å². The normalized spacial score (nSPS) is 13.2. The molecule has 2 heterocycles. The van der Waals surface area contributed by atoms with E-state index in [9.17, 15) is 9.59 Å². The molecular formula is C17H16N4O3S. The highest BCUT2D eigenvalue weighted by Crippen LogP contribution is 2.26. The highest BCUT2D eigenvalue weighted by Gasteiger charge is 2.21. The van der Waals surface area contributed by atoms with Crippen molar-refractivity contribution >= 4 is 23.5 Å². The fourth-order valence-corrected chi connectivity index (χ4v) is 4.00. The van der Waals surface area contributed by atoms with Crippen LogP contribution < -0.4 is 5.56 Å². The van der Waals surface area contributed by atoms with Crippen molar-refractivity contribution in [3.8, 4) is 0 Å². The van der Waals surface area contributed by atoms with Crippen molar-refractivity contribution in [1.29, 1.82) is 0 Å². The molecule has 1 aliphatic rings. The smallest absolute Gasteiger partial charge is 0.337 e. The summed E-state index contributed by atoms with van der Waals surface area (Å²) in [5, 5.41) is 9.08. The predicted molar refractivity (Wildman–Crippen MR) is 93.0 cm³/mol. The number of aryl methyl sites for hydroxylation is 1. The minimum absolute atomic E-state index is 0.0534. The van der Waals surface area contributed by atoms with Crippen LogP contribution in [-0.2, 0) is 23.3 Å². The Kier molecular flexibility index (Phi) is 4.04. The molecule has 0 amide bonds. The molecule has 2 aromatic heterocycles. The fraction of sp³-hybridized carbons (Fsp3) is 0.294. The van der Waals surface area contributed by atoms with Gasteiger partial charge in [-0.25, -0.2) is 4.79 Å². The molecule has 0 radical (unpaired) electrons. The molecule has 8 heteroatoms. The lowest BCUT2D eigenvalue weighted by Gasteiger charge is -2.06. The van der Waals surface area contributed by atoms with E-state index in [1.165, 1.54) is 7.11 Å². The number of nitrogens with zero attached hydrogens (tertiary/aromatic N) is 3. The summed E-state index contributed by atoms with van der Waals surface area (Å²) >= 11 is 1.55. The second kappa shape index (κ2) is 6.36. The Balaban J connectivity index is 1.59.